The van der Waals surface area contributed by atoms with Crippen LogP contribution in [0, 0.1) is 0 Å². The van der Waals surface area contributed by atoms with E-state index in [0.717, 1.165) is 23.2 Å². The number of hydrazone groups is 1. The van der Waals surface area contributed by atoms with Gasteiger partial charge in [0.05, 0.1) is 11.8 Å². The zero-order valence-corrected chi connectivity index (χ0v) is 13.7. The number of allylic oxidation sites excluding steroid dienone is 1. The van der Waals surface area contributed by atoms with Crippen molar-refractivity contribution in [1.29, 1.82) is 0 Å². The number of benzene rings is 2. The summed E-state index contributed by atoms with van der Waals surface area (Å²) in [7, 11) is 0. The van der Waals surface area contributed by atoms with Crippen molar-refractivity contribution in [3.8, 4) is 0 Å². The van der Waals surface area contributed by atoms with Crippen molar-refractivity contribution in [1.82, 2.24) is 5.01 Å². The summed E-state index contributed by atoms with van der Waals surface area (Å²) in [6, 6.07) is 14.9. The van der Waals surface area contributed by atoms with Crippen LogP contribution in [0.15, 0.2) is 59.7 Å². The van der Waals surface area contributed by atoms with Crippen molar-refractivity contribution in [3.05, 3.63) is 75.8 Å². The summed E-state index contributed by atoms with van der Waals surface area (Å²) in [5.74, 6) is 0. The number of hydrogen-bond donors (Lipinski definition) is 0. The van der Waals surface area contributed by atoms with Crippen molar-refractivity contribution in [3.63, 3.8) is 0 Å². The molecule has 0 radical (unpaired) electrons. The molecule has 0 spiro atoms. The Balaban J connectivity index is 1.75. The van der Waals surface area contributed by atoms with Gasteiger partial charge in [0, 0.05) is 16.5 Å². The molecule has 0 aliphatic carbocycles. The van der Waals surface area contributed by atoms with Gasteiger partial charge in [-0.05, 0) is 41.5 Å². The highest BCUT2D eigenvalue weighted by atomic mass is 35.5. The molecule has 116 valence electrons. The van der Waals surface area contributed by atoms with Gasteiger partial charge < -0.3 is 0 Å². The van der Waals surface area contributed by atoms with Crippen LogP contribution in [0.3, 0.4) is 0 Å². The highest BCUT2D eigenvalue weighted by molar-refractivity contribution is 6.30. The maximum absolute atomic E-state index is 11.3. The first-order valence-electron chi connectivity index (χ1n) is 7.16. The maximum atomic E-state index is 11.3. The first-order chi connectivity index (χ1) is 11.2. The van der Waals surface area contributed by atoms with Crippen molar-refractivity contribution in [2.75, 3.05) is 0 Å². The molecule has 0 unspecified atom stereocenters. The van der Waals surface area contributed by atoms with E-state index in [0.29, 0.717) is 16.5 Å². The molecule has 0 N–H and O–H groups in total. The molecule has 3 nitrogen and oxygen atoms in total. The van der Waals surface area contributed by atoms with Crippen molar-refractivity contribution < 1.29 is 4.79 Å². The Bertz CT molecular complexity index is 752. The third-order valence-electron chi connectivity index (χ3n) is 3.67. The van der Waals surface area contributed by atoms with Crippen molar-refractivity contribution in [2.45, 2.75) is 12.5 Å². The molecule has 1 heterocycles. The highest BCUT2D eigenvalue weighted by Crippen LogP contribution is 2.30. The van der Waals surface area contributed by atoms with E-state index in [1.54, 1.807) is 0 Å². The normalized spacial score (nSPS) is 17.6. The molecular weight excluding hydrogens is 331 g/mol. The first kappa shape index (κ1) is 15.8. The van der Waals surface area contributed by atoms with E-state index in [9.17, 15) is 4.79 Å². The fourth-order valence-corrected chi connectivity index (χ4v) is 2.72. The summed E-state index contributed by atoms with van der Waals surface area (Å²) in [6.07, 6.45) is 5.31. The average Bonchev–Trinajstić information content (AvgIpc) is 2.98. The summed E-state index contributed by atoms with van der Waals surface area (Å²) in [6.45, 7) is 0. The Hall–Kier alpha value is -2.10. The second kappa shape index (κ2) is 6.99. The predicted molar refractivity (Wildman–Crippen MR) is 94.6 cm³/mol. The highest BCUT2D eigenvalue weighted by Gasteiger charge is 2.26. The Labute approximate surface area is 144 Å². The van der Waals surface area contributed by atoms with Crippen LogP contribution in [0.2, 0.25) is 10.0 Å². The molecule has 0 fully saturated rings. The lowest BCUT2D eigenvalue weighted by Crippen LogP contribution is -2.17. The van der Waals surface area contributed by atoms with E-state index in [-0.39, 0.29) is 6.04 Å². The van der Waals surface area contributed by atoms with Gasteiger partial charge in [0.25, 0.3) is 0 Å². The maximum Gasteiger partial charge on any atom is 0.230 e. The van der Waals surface area contributed by atoms with Gasteiger partial charge in [0.15, 0.2) is 0 Å². The number of amides is 1. The average molecular weight is 345 g/mol. The number of halogens is 2. The third-order valence-corrected chi connectivity index (χ3v) is 4.17. The molecule has 1 aliphatic rings. The Morgan fingerprint density at radius 1 is 0.957 bits per heavy atom. The fourth-order valence-electron chi connectivity index (χ4n) is 2.47. The summed E-state index contributed by atoms with van der Waals surface area (Å²) in [4.78, 5) is 11.3. The summed E-state index contributed by atoms with van der Waals surface area (Å²) in [5.41, 5.74) is 2.90. The number of hydrogen-bond acceptors (Lipinski definition) is 2. The van der Waals surface area contributed by atoms with E-state index < -0.39 is 0 Å². The minimum Gasteiger partial charge on any atom is -0.277 e. The molecule has 0 saturated carbocycles. The molecule has 1 amide bonds. The van der Waals surface area contributed by atoms with Gasteiger partial charge in [-0.2, -0.15) is 5.10 Å². The first-order valence-corrected chi connectivity index (χ1v) is 7.91. The minimum atomic E-state index is -0.0883. The number of nitrogens with zero attached hydrogens (tertiary/aromatic N) is 2. The Morgan fingerprint density at radius 3 is 2.17 bits per heavy atom. The second-order valence-corrected chi connectivity index (χ2v) is 6.11. The van der Waals surface area contributed by atoms with Crippen LogP contribution in [-0.4, -0.2) is 17.1 Å². The summed E-state index contributed by atoms with van der Waals surface area (Å²) < 4.78 is 0. The summed E-state index contributed by atoms with van der Waals surface area (Å²) in [5, 5.41) is 7.18. The molecule has 1 atom stereocenters. The van der Waals surface area contributed by atoms with Gasteiger partial charge in [-0.1, -0.05) is 53.5 Å². The van der Waals surface area contributed by atoms with Crippen LogP contribution in [0.5, 0.6) is 0 Å². The largest absolute Gasteiger partial charge is 0.277 e. The third kappa shape index (κ3) is 3.81. The predicted octanol–water partition coefficient (Wildman–Crippen LogP) is 4.97. The van der Waals surface area contributed by atoms with Crippen LogP contribution < -0.4 is 0 Å². The lowest BCUT2D eigenvalue weighted by molar-refractivity contribution is -0.119. The minimum absolute atomic E-state index is 0.0883. The molecule has 23 heavy (non-hydrogen) atoms. The molecule has 0 bridgehead atoms. The van der Waals surface area contributed by atoms with Gasteiger partial charge in [-0.15, -0.1) is 0 Å². The van der Waals surface area contributed by atoms with Crippen LogP contribution in [0.1, 0.15) is 23.6 Å². The molecular formula is C18H14Cl2N2O. The SMILES string of the molecule is O=CN1N=C(/C=C/c2ccc(Cl)cc2)C[C@@H]1c1ccc(Cl)cc1. The number of carbonyl (C=O) groups is 1. The van der Waals surface area contributed by atoms with Crippen molar-refractivity contribution in [2.24, 2.45) is 5.10 Å². The monoisotopic (exact) mass is 344 g/mol. The van der Waals surface area contributed by atoms with Crippen LogP contribution in [0.4, 0.5) is 0 Å². The molecule has 3 rings (SSSR count). The smallest absolute Gasteiger partial charge is 0.230 e. The van der Waals surface area contributed by atoms with E-state index >= 15 is 0 Å². The van der Waals surface area contributed by atoms with Gasteiger partial charge in [0.1, 0.15) is 0 Å². The second-order valence-electron chi connectivity index (χ2n) is 5.23. The van der Waals surface area contributed by atoms with E-state index in [1.165, 1.54) is 5.01 Å². The lowest BCUT2D eigenvalue weighted by Gasteiger charge is -2.17. The van der Waals surface area contributed by atoms with Gasteiger partial charge in [0.2, 0.25) is 6.41 Å². The topological polar surface area (TPSA) is 32.7 Å². The van der Waals surface area contributed by atoms with E-state index in [1.807, 2.05) is 60.7 Å². The summed E-state index contributed by atoms with van der Waals surface area (Å²) >= 11 is 11.8. The fraction of sp³-hybridized carbons (Fsp3) is 0.111. The zero-order chi connectivity index (χ0) is 16.2. The molecule has 1 aliphatic heterocycles. The number of rotatable bonds is 4. The quantitative estimate of drug-likeness (QED) is 0.721. The molecule has 0 aromatic heterocycles. The standard InChI is InChI=1S/C18H14Cl2N2O/c19-15-6-1-13(2-7-15)3-10-17-11-18(22(12-23)21-17)14-4-8-16(20)9-5-14/h1-10,12,18H,11H2/b10-3+/t18-/m1/s1. The Kier molecular flexibility index (Phi) is 4.79. The van der Waals surface area contributed by atoms with Crippen LogP contribution in [0.25, 0.3) is 6.08 Å². The van der Waals surface area contributed by atoms with E-state index in [2.05, 4.69) is 5.10 Å². The lowest BCUT2D eigenvalue weighted by atomic mass is 10.0. The van der Waals surface area contributed by atoms with Crippen LogP contribution in [-0.2, 0) is 4.79 Å². The molecule has 2 aromatic carbocycles. The molecule has 0 saturated heterocycles. The van der Waals surface area contributed by atoms with Gasteiger partial charge in [-0.25, -0.2) is 5.01 Å². The Morgan fingerprint density at radius 2 is 1.57 bits per heavy atom. The molecule has 5 heteroatoms. The van der Waals surface area contributed by atoms with E-state index in [4.69, 9.17) is 23.2 Å². The molecule has 2 aromatic rings. The van der Waals surface area contributed by atoms with Gasteiger partial charge in [-0.3, -0.25) is 4.79 Å². The van der Waals surface area contributed by atoms with Crippen molar-refractivity contribution >= 4 is 41.4 Å². The van der Waals surface area contributed by atoms with Crippen LogP contribution >= 0.6 is 23.2 Å². The zero-order valence-electron chi connectivity index (χ0n) is 12.2. The van der Waals surface area contributed by atoms with Gasteiger partial charge >= 0.3 is 0 Å². The number of carbonyl (C=O) groups excluding carboxylic acids is 1.